The summed E-state index contributed by atoms with van der Waals surface area (Å²) in [6.45, 7) is 0. The van der Waals surface area contributed by atoms with Gasteiger partial charge in [0.25, 0.3) is 5.79 Å². The van der Waals surface area contributed by atoms with E-state index in [1.807, 2.05) is 0 Å². The Balaban J connectivity index is 2.31. The van der Waals surface area contributed by atoms with Crippen molar-refractivity contribution in [2.75, 3.05) is 0 Å². The number of hydrogen-bond donors (Lipinski definition) is 1. The molecular formula is C10H8BFN4O2. The number of aromatic nitrogens is 3. The van der Waals surface area contributed by atoms with Crippen LogP contribution in [0, 0.1) is 0 Å². The van der Waals surface area contributed by atoms with Gasteiger partial charge in [0.15, 0.2) is 0 Å². The van der Waals surface area contributed by atoms with Gasteiger partial charge in [-0.25, -0.2) is 19.1 Å². The van der Waals surface area contributed by atoms with Crippen molar-refractivity contribution in [3.05, 3.63) is 50.8 Å². The first-order valence-electron chi connectivity index (χ1n) is 5.26. The van der Waals surface area contributed by atoms with Crippen LogP contribution >= 0.6 is 0 Å². The summed E-state index contributed by atoms with van der Waals surface area (Å²) in [5.41, 5.74) is -0.758. The van der Waals surface area contributed by atoms with E-state index in [2.05, 4.69) is 10.1 Å². The summed E-state index contributed by atoms with van der Waals surface area (Å²) in [4.78, 5) is 27.0. The number of nitrogens with zero attached hydrogens (tertiary/aromatic N) is 3. The molecule has 0 saturated heterocycles. The third-order valence-corrected chi connectivity index (χ3v) is 2.97. The van der Waals surface area contributed by atoms with Crippen LogP contribution in [0.1, 0.15) is 5.56 Å². The standard InChI is InChI=1S/C10H8BFN4O2/c11-15-8(17)14-16(9(15)18)10(12)5-13-7-4-2-1-3-6(7)10/h1-5H,11H2,(H,14,17). The summed E-state index contributed by atoms with van der Waals surface area (Å²) in [5.74, 6) is -2.24. The van der Waals surface area contributed by atoms with E-state index in [9.17, 15) is 14.0 Å². The Morgan fingerprint density at radius 3 is 2.72 bits per heavy atom. The first-order chi connectivity index (χ1) is 8.54. The fraction of sp³-hybridized carbons (Fsp3) is 0.100. The van der Waals surface area contributed by atoms with E-state index in [4.69, 9.17) is 0 Å². The monoisotopic (exact) mass is 246 g/mol. The van der Waals surface area contributed by atoms with Crippen LogP contribution < -0.4 is 11.4 Å². The van der Waals surface area contributed by atoms with Gasteiger partial charge >= 0.3 is 11.4 Å². The Labute approximate surface area is 101 Å². The summed E-state index contributed by atoms with van der Waals surface area (Å²) in [5, 5.41) is 2.18. The molecule has 8 heteroatoms. The lowest BCUT2D eigenvalue weighted by atomic mass is 10.1. The van der Waals surface area contributed by atoms with Crippen molar-refractivity contribution >= 4 is 19.9 Å². The van der Waals surface area contributed by atoms with Gasteiger partial charge in [0.2, 0.25) is 7.98 Å². The second-order valence-electron chi connectivity index (χ2n) is 4.04. The summed E-state index contributed by atoms with van der Waals surface area (Å²) in [6, 6.07) is 6.53. The number of rotatable bonds is 1. The first-order valence-corrected chi connectivity index (χ1v) is 5.26. The second kappa shape index (κ2) is 3.31. The van der Waals surface area contributed by atoms with Crippen molar-refractivity contribution in [1.82, 2.24) is 14.3 Å². The van der Waals surface area contributed by atoms with Gasteiger partial charge in [-0.1, -0.05) is 18.2 Å². The summed E-state index contributed by atoms with van der Waals surface area (Å²) >= 11 is 0. The highest BCUT2D eigenvalue weighted by Gasteiger charge is 2.40. The minimum Gasteiger partial charge on any atom is -0.298 e. The number of hydrogen-bond acceptors (Lipinski definition) is 3. The maximum absolute atomic E-state index is 14.9. The molecule has 1 aromatic heterocycles. The number of benzene rings is 1. The molecule has 0 amide bonds. The van der Waals surface area contributed by atoms with Gasteiger partial charge in [-0.15, -0.1) is 0 Å². The summed E-state index contributed by atoms with van der Waals surface area (Å²) < 4.78 is 16.4. The van der Waals surface area contributed by atoms with E-state index < -0.39 is 17.2 Å². The van der Waals surface area contributed by atoms with Gasteiger partial charge in [0.1, 0.15) is 0 Å². The second-order valence-corrected chi connectivity index (χ2v) is 4.04. The molecule has 0 aliphatic carbocycles. The number of fused-ring (bicyclic) bond motifs is 1. The van der Waals surface area contributed by atoms with Gasteiger partial charge in [-0.05, 0) is 6.07 Å². The Kier molecular flexibility index (Phi) is 1.98. The fourth-order valence-corrected chi connectivity index (χ4v) is 1.96. The first kappa shape index (κ1) is 10.8. The number of para-hydroxylation sites is 1. The highest BCUT2D eigenvalue weighted by Crippen LogP contribution is 2.37. The number of aromatic amines is 1. The van der Waals surface area contributed by atoms with Gasteiger partial charge in [0, 0.05) is 5.56 Å². The number of nitrogens with one attached hydrogen (secondary N) is 1. The predicted molar refractivity (Wildman–Crippen MR) is 66.0 cm³/mol. The molecule has 2 heterocycles. The topological polar surface area (TPSA) is 72.2 Å². The number of alkyl halides is 1. The third-order valence-electron chi connectivity index (χ3n) is 2.97. The number of halogens is 1. The van der Waals surface area contributed by atoms with Crippen LogP contribution in [-0.2, 0) is 5.79 Å². The number of H-pyrrole nitrogens is 1. The Morgan fingerprint density at radius 1 is 1.33 bits per heavy atom. The SMILES string of the molecule is Bn1c(=O)[nH]n(C2(F)C=Nc3ccccc32)c1=O. The number of aliphatic imine (C=N–C) groups is 1. The van der Waals surface area contributed by atoms with Gasteiger partial charge in [0.05, 0.1) is 11.9 Å². The lowest BCUT2D eigenvalue weighted by Crippen LogP contribution is -2.39. The van der Waals surface area contributed by atoms with Crippen molar-refractivity contribution in [1.29, 1.82) is 0 Å². The summed E-state index contributed by atoms with van der Waals surface area (Å²) in [7, 11) is 1.28. The highest BCUT2D eigenvalue weighted by atomic mass is 19.1. The van der Waals surface area contributed by atoms with Crippen LogP contribution in [0.3, 0.4) is 0 Å². The largest absolute Gasteiger partial charge is 0.337 e. The lowest BCUT2D eigenvalue weighted by molar-refractivity contribution is 0.197. The Hall–Kier alpha value is -2.38. The quantitative estimate of drug-likeness (QED) is 0.663. The molecule has 0 bridgehead atoms. The molecule has 1 atom stereocenters. The van der Waals surface area contributed by atoms with E-state index in [0.29, 0.717) is 10.4 Å². The van der Waals surface area contributed by atoms with Gasteiger partial charge < -0.3 is 0 Å². The molecule has 6 nitrogen and oxygen atoms in total. The van der Waals surface area contributed by atoms with Crippen molar-refractivity contribution in [2.24, 2.45) is 4.99 Å². The molecule has 1 aliphatic heterocycles. The Morgan fingerprint density at radius 2 is 2.06 bits per heavy atom. The molecular weight excluding hydrogens is 238 g/mol. The molecule has 0 saturated carbocycles. The molecule has 1 aliphatic rings. The van der Waals surface area contributed by atoms with Crippen LogP contribution in [0.5, 0.6) is 0 Å². The maximum Gasteiger partial charge on any atom is 0.337 e. The molecule has 1 N–H and O–H groups in total. The highest BCUT2D eigenvalue weighted by molar-refractivity contribution is 6.06. The van der Waals surface area contributed by atoms with E-state index >= 15 is 0 Å². The minimum atomic E-state index is -2.24. The molecule has 18 heavy (non-hydrogen) atoms. The average Bonchev–Trinajstić information content (AvgIpc) is 2.85. The van der Waals surface area contributed by atoms with E-state index in [-0.39, 0.29) is 5.56 Å². The molecule has 2 aromatic rings. The predicted octanol–water partition coefficient (Wildman–Crippen LogP) is -0.879. The Bertz CT molecular complexity index is 775. The van der Waals surface area contributed by atoms with E-state index in [1.165, 1.54) is 14.0 Å². The zero-order valence-electron chi connectivity index (χ0n) is 9.42. The van der Waals surface area contributed by atoms with E-state index in [1.54, 1.807) is 18.2 Å². The molecule has 0 fully saturated rings. The molecule has 1 aromatic carbocycles. The fourth-order valence-electron chi connectivity index (χ4n) is 1.96. The van der Waals surface area contributed by atoms with Crippen molar-refractivity contribution in [3.8, 4) is 0 Å². The van der Waals surface area contributed by atoms with Gasteiger partial charge in [-0.2, -0.15) is 4.68 Å². The molecule has 3 rings (SSSR count). The molecule has 0 spiro atoms. The minimum absolute atomic E-state index is 0.231. The van der Waals surface area contributed by atoms with Crippen LogP contribution in [0.25, 0.3) is 0 Å². The van der Waals surface area contributed by atoms with Crippen LogP contribution in [0.4, 0.5) is 10.1 Å². The summed E-state index contributed by atoms with van der Waals surface area (Å²) in [6.07, 6.45) is 1.01. The normalized spacial score (nSPS) is 21.2. The van der Waals surface area contributed by atoms with Crippen molar-refractivity contribution < 1.29 is 4.39 Å². The van der Waals surface area contributed by atoms with Gasteiger partial charge in [-0.3, -0.25) is 9.47 Å². The maximum atomic E-state index is 14.9. The zero-order valence-corrected chi connectivity index (χ0v) is 9.42. The molecule has 1 unspecified atom stereocenters. The molecule has 90 valence electrons. The zero-order chi connectivity index (χ0) is 12.9. The molecule has 0 radical (unpaired) electrons. The van der Waals surface area contributed by atoms with Crippen LogP contribution in [-0.4, -0.2) is 28.5 Å². The smallest absolute Gasteiger partial charge is 0.298 e. The van der Waals surface area contributed by atoms with Crippen LogP contribution in [0.15, 0.2) is 38.8 Å². The van der Waals surface area contributed by atoms with Crippen molar-refractivity contribution in [3.63, 3.8) is 0 Å². The third kappa shape index (κ3) is 1.20. The van der Waals surface area contributed by atoms with Crippen molar-refractivity contribution in [2.45, 2.75) is 5.79 Å². The lowest BCUT2D eigenvalue weighted by Gasteiger charge is -2.17. The average molecular weight is 246 g/mol. The van der Waals surface area contributed by atoms with Crippen LogP contribution in [0.2, 0.25) is 0 Å². The van der Waals surface area contributed by atoms with E-state index in [0.717, 1.165) is 10.7 Å².